The van der Waals surface area contributed by atoms with Gasteiger partial charge in [-0.2, -0.15) is 4.99 Å². The standard InChI is InChI=1S/C12H15NO5.C11H15N2O5/c1-4-10(15)17-7-12(6-3,13-9-14)8-18-11(16)5-2;1-4-10(15)17-8-13(6-3,12-7-14)9-18-11(16)5-2/h4-5H,1-2,6-8H2,3H3;4-5H,1-2,6,8-9H2,3H3/q;+1. The predicted molar refractivity (Wildman–Crippen MR) is 125 cm³/mol. The molecule has 0 saturated heterocycles. The Morgan fingerprint density at radius 3 is 1.42 bits per heavy atom. The zero-order valence-electron chi connectivity index (χ0n) is 20.3. The minimum absolute atomic E-state index is 0.200. The first kappa shape index (κ1) is 33.7. The summed E-state index contributed by atoms with van der Waals surface area (Å²) in [5.41, 5.74) is -1.13. The molecule has 0 saturated carbocycles. The van der Waals surface area contributed by atoms with E-state index in [-0.39, 0.29) is 33.2 Å². The quantitative estimate of drug-likeness (QED) is 0.0435. The van der Waals surface area contributed by atoms with Gasteiger partial charge < -0.3 is 18.9 Å². The maximum absolute atomic E-state index is 11.0. The highest BCUT2D eigenvalue weighted by molar-refractivity contribution is 5.82. The molecule has 0 radical (unpaired) electrons. The van der Waals surface area contributed by atoms with E-state index in [0.717, 1.165) is 24.3 Å². The van der Waals surface area contributed by atoms with E-state index in [0.29, 0.717) is 6.42 Å². The van der Waals surface area contributed by atoms with E-state index in [2.05, 4.69) is 36.4 Å². The first-order chi connectivity index (χ1) is 17.1. The van der Waals surface area contributed by atoms with Crippen LogP contribution < -0.4 is 0 Å². The SMILES string of the molecule is C=CC(=O)OCC(CC)(COC(=O)C=C)N=C=O.C=CC(=O)OC[N+](CC)(COC(=O)C=C)N=C=O. The Morgan fingerprint density at radius 1 is 0.750 bits per heavy atom. The summed E-state index contributed by atoms with van der Waals surface area (Å²) in [4.78, 5) is 68.2. The predicted octanol–water partition coefficient (Wildman–Crippen LogP) is 1.38. The summed E-state index contributed by atoms with van der Waals surface area (Å²) < 4.78 is 18.8. The Morgan fingerprint density at radius 2 is 1.14 bits per heavy atom. The van der Waals surface area contributed by atoms with Gasteiger partial charge in [0.25, 0.3) is 19.5 Å². The summed E-state index contributed by atoms with van der Waals surface area (Å²) in [5, 5.41) is 3.50. The molecule has 0 aliphatic rings. The van der Waals surface area contributed by atoms with Crippen molar-refractivity contribution >= 4 is 36.0 Å². The lowest BCUT2D eigenvalue weighted by Crippen LogP contribution is -2.47. The topological polar surface area (TPSA) is 164 Å². The first-order valence-corrected chi connectivity index (χ1v) is 10.3. The molecule has 0 amide bonds. The zero-order chi connectivity index (χ0) is 28.0. The van der Waals surface area contributed by atoms with E-state index >= 15 is 0 Å². The van der Waals surface area contributed by atoms with Crippen LogP contribution in [0.1, 0.15) is 20.3 Å². The van der Waals surface area contributed by atoms with Crippen LogP contribution in [0.25, 0.3) is 0 Å². The van der Waals surface area contributed by atoms with E-state index in [1.165, 1.54) is 12.2 Å². The third-order valence-electron chi connectivity index (χ3n) is 4.31. The largest absolute Gasteiger partial charge is 0.460 e. The molecule has 13 nitrogen and oxygen atoms in total. The van der Waals surface area contributed by atoms with Crippen LogP contribution in [0, 0.1) is 0 Å². The molecule has 0 unspecified atom stereocenters. The van der Waals surface area contributed by atoms with Crippen LogP contribution in [-0.2, 0) is 47.7 Å². The summed E-state index contributed by atoms with van der Waals surface area (Å²) in [6.45, 7) is 15.7. The van der Waals surface area contributed by atoms with E-state index in [1.807, 2.05) is 0 Å². The van der Waals surface area contributed by atoms with Gasteiger partial charge in [0, 0.05) is 29.4 Å². The average molecular weight is 509 g/mol. The third-order valence-corrected chi connectivity index (χ3v) is 4.31. The second kappa shape index (κ2) is 18.9. The summed E-state index contributed by atoms with van der Waals surface area (Å²) >= 11 is 0. The van der Waals surface area contributed by atoms with Crippen molar-refractivity contribution in [3.8, 4) is 0 Å². The van der Waals surface area contributed by atoms with Crippen molar-refractivity contribution in [1.82, 2.24) is 0 Å². The second-order valence-electron chi connectivity index (χ2n) is 6.60. The second-order valence-corrected chi connectivity index (χ2v) is 6.60. The smallest absolute Gasteiger partial charge is 0.334 e. The Hall–Kier alpha value is -4.44. The number of nitrogens with zero attached hydrogens (tertiary/aromatic N) is 3. The minimum Gasteiger partial charge on any atom is -0.460 e. The van der Waals surface area contributed by atoms with Crippen LogP contribution in [-0.4, -0.2) is 79.4 Å². The molecule has 196 valence electrons. The van der Waals surface area contributed by atoms with Gasteiger partial charge >= 0.3 is 23.9 Å². The van der Waals surface area contributed by atoms with Crippen molar-refractivity contribution in [2.45, 2.75) is 25.8 Å². The number of hydrogen-bond acceptors (Lipinski definition) is 12. The number of rotatable bonds is 16. The summed E-state index contributed by atoms with van der Waals surface area (Å²) in [6.07, 6.45) is 7.00. The normalized spacial score (nSPS) is 9.83. The van der Waals surface area contributed by atoms with E-state index < -0.39 is 34.0 Å². The van der Waals surface area contributed by atoms with Crippen LogP contribution in [0.15, 0.2) is 60.7 Å². The number of aliphatic imine (C=N–C) groups is 1. The van der Waals surface area contributed by atoms with Gasteiger partial charge in [0.15, 0.2) is 0 Å². The lowest BCUT2D eigenvalue weighted by molar-refractivity contribution is -0.962. The van der Waals surface area contributed by atoms with Gasteiger partial charge in [-0.1, -0.05) is 33.2 Å². The van der Waals surface area contributed by atoms with Crippen LogP contribution >= 0.6 is 0 Å². The fraction of sp³-hybridized carbons (Fsp3) is 0.391. The van der Waals surface area contributed by atoms with Gasteiger partial charge in [0.1, 0.15) is 25.3 Å². The monoisotopic (exact) mass is 508 g/mol. The minimum atomic E-state index is -1.13. The fourth-order valence-corrected chi connectivity index (χ4v) is 1.94. The molecule has 0 fully saturated rings. The highest BCUT2D eigenvalue weighted by Crippen LogP contribution is 2.17. The lowest BCUT2D eigenvalue weighted by atomic mass is 9.99. The molecule has 0 aromatic heterocycles. The number of isocyanates is 2. The van der Waals surface area contributed by atoms with Gasteiger partial charge in [-0.25, -0.2) is 28.8 Å². The number of carbonyl (C=O) groups excluding carboxylic acids is 6. The third kappa shape index (κ3) is 14.0. The number of quaternary nitrogens is 1. The van der Waals surface area contributed by atoms with Gasteiger partial charge in [-0.05, 0) is 13.3 Å². The Bertz CT molecular complexity index is 793. The molecule has 0 heterocycles. The van der Waals surface area contributed by atoms with Crippen LogP contribution in [0.3, 0.4) is 0 Å². The summed E-state index contributed by atoms with van der Waals surface area (Å²) in [6, 6.07) is 0. The molecular weight excluding hydrogens is 478 g/mol. The van der Waals surface area contributed by atoms with E-state index in [9.17, 15) is 28.8 Å². The fourth-order valence-electron chi connectivity index (χ4n) is 1.94. The van der Waals surface area contributed by atoms with Gasteiger partial charge in [-0.3, -0.25) is 0 Å². The highest BCUT2D eigenvalue weighted by atomic mass is 16.6. The maximum atomic E-state index is 11.0. The highest BCUT2D eigenvalue weighted by Gasteiger charge is 2.32. The lowest BCUT2D eigenvalue weighted by Gasteiger charge is -2.26. The zero-order valence-corrected chi connectivity index (χ0v) is 20.3. The molecule has 0 aromatic rings. The van der Waals surface area contributed by atoms with E-state index in [4.69, 9.17) is 18.9 Å². The number of esters is 4. The molecule has 0 rings (SSSR count). The van der Waals surface area contributed by atoms with Crippen LogP contribution in [0.5, 0.6) is 0 Å². The molecular formula is C23H30N3O10+. The van der Waals surface area contributed by atoms with Crippen molar-refractivity contribution in [2.24, 2.45) is 10.1 Å². The van der Waals surface area contributed by atoms with E-state index in [1.54, 1.807) is 13.8 Å². The summed E-state index contributed by atoms with van der Waals surface area (Å²) in [5.74, 6) is -2.63. The molecule has 0 aromatic carbocycles. The molecule has 0 aliphatic carbocycles. The molecule has 0 bridgehead atoms. The number of ether oxygens (including phenoxy) is 4. The summed E-state index contributed by atoms with van der Waals surface area (Å²) in [7, 11) is 0. The van der Waals surface area contributed by atoms with Crippen molar-refractivity contribution < 1.29 is 52.3 Å². The van der Waals surface area contributed by atoms with Crippen molar-refractivity contribution in [1.29, 1.82) is 0 Å². The van der Waals surface area contributed by atoms with Gasteiger partial charge in [-0.15, -0.1) is 4.59 Å². The Labute approximate surface area is 208 Å². The number of carbonyl (C=O) groups is 4. The Kier molecular flexibility index (Phi) is 17.7. The van der Waals surface area contributed by atoms with Crippen LogP contribution in [0.2, 0.25) is 0 Å². The maximum Gasteiger partial charge on any atom is 0.334 e. The van der Waals surface area contributed by atoms with Gasteiger partial charge in [0.2, 0.25) is 6.08 Å². The molecule has 0 N–H and O–H groups in total. The molecule has 0 aliphatic heterocycles. The average Bonchev–Trinajstić information content (AvgIpc) is 2.91. The first-order valence-electron chi connectivity index (χ1n) is 10.3. The molecule has 0 atom stereocenters. The molecule has 0 spiro atoms. The van der Waals surface area contributed by atoms with Crippen molar-refractivity contribution in [3.63, 3.8) is 0 Å². The molecule has 13 heteroatoms. The number of hydrogen-bond donors (Lipinski definition) is 0. The molecule has 36 heavy (non-hydrogen) atoms. The Balaban J connectivity index is 0. The van der Waals surface area contributed by atoms with Crippen molar-refractivity contribution in [3.05, 3.63) is 50.6 Å². The van der Waals surface area contributed by atoms with Crippen LogP contribution in [0.4, 0.5) is 0 Å². The van der Waals surface area contributed by atoms with Crippen molar-refractivity contribution in [2.75, 3.05) is 33.2 Å². The van der Waals surface area contributed by atoms with Gasteiger partial charge in [0.05, 0.1) is 0 Å².